The molecule has 5 rings (SSSR count). The first-order chi connectivity index (χ1) is 16.6. The number of rotatable bonds is 5. The zero-order valence-electron chi connectivity index (χ0n) is 18.6. The Kier molecular flexibility index (Phi) is 5.90. The lowest BCUT2D eigenvalue weighted by molar-refractivity contribution is 0.0740. The van der Waals surface area contributed by atoms with Gasteiger partial charge in [-0.05, 0) is 54.6 Å². The number of nitrogens with one attached hydrogen (secondary N) is 1. The van der Waals surface area contributed by atoms with Crippen LogP contribution in [-0.4, -0.2) is 64.3 Å². The van der Waals surface area contributed by atoms with E-state index in [2.05, 4.69) is 25.1 Å². The van der Waals surface area contributed by atoms with Gasteiger partial charge in [0, 0.05) is 43.4 Å². The van der Waals surface area contributed by atoms with E-state index < -0.39 is 0 Å². The number of methoxy groups -OCH3 is 1. The van der Waals surface area contributed by atoms with E-state index in [-0.39, 0.29) is 11.7 Å². The molecule has 9 heteroatoms. The molecule has 1 N–H and O–H groups in total. The van der Waals surface area contributed by atoms with Crippen LogP contribution in [0.2, 0.25) is 0 Å². The molecule has 2 aromatic carbocycles. The number of aromatic nitrogens is 4. The lowest BCUT2D eigenvalue weighted by atomic mass is 10.1. The van der Waals surface area contributed by atoms with Crippen LogP contribution in [-0.2, 0) is 0 Å². The van der Waals surface area contributed by atoms with Crippen molar-refractivity contribution in [1.29, 1.82) is 0 Å². The predicted octanol–water partition coefficient (Wildman–Crippen LogP) is 3.64. The van der Waals surface area contributed by atoms with Crippen molar-refractivity contribution in [3.63, 3.8) is 0 Å². The smallest absolute Gasteiger partial charge is 0.272 e. The van der Waals surface area contributed by atoms with Crippen molar-refractivity contribution in [1.82, 2.24) is 25.1 Å². The van der Waals surface area contributed by atoms with Gasteiger partial charge in [-0.2, -0.15) is 5.10 Å². The number of carbonyl (C=O) groups excluding carboxylic acids is 1. The molecule has 0 spiro atoms. The largest absolute Gasteiger partial charge is 0.497 e. The lowest BCUT2D eigenvalue weighted by Crippen LogP contribution is -2.49. The predicted molar refractivity (Wildman–Crippen MR) is 126 cm³/mol. The standard InChI is InChI=1S/C25H23FN6O2/c1-34-20-8-4-17(5-9-20)21-15-24(28-16-27-21)31-10-12-32(13-11-31)25(33)23-14-22(29-30-23)18-2-6-19(26)7-3-18/h2-9,14-16H,10-13H2,1H3,(H,29,30). The highest BCUT2D eigenvalue weighted by Gasteiger charge is 2.24. The number of piperazine rings is 1. The Balaban J connectivity index is 1.23. The molecule has 2 aromatic heterocycles. The molecule has 3 heterocycles. The number of carbonyl (C=O) groups is 1. The van der Waals surface area contributed by atoms with Crippen molar-refractivity contribution in [3.8, 4) is 28.3 Å². The van der Waals surface area contributed by atoms with Crippen LogP contribution >= 0.6 is 0 Å². The molecule has 0 aliphatic carbocycles. The molecule has 1 amide bonds. The number of nitrogens with zero attached hydrogens (tertiary/aromatic N) is 5. The van der Waals surface area contributed by atoms with E-state index in [0.717, 1.165) is 28.4 Å². The summed E-state index contributed by atoms with van der Waals surface area (Å²) < 4.78 is 18.4. The highest BCUT2D eigenvalue weighted by atomic mass is 19.1. The Morgan fingerprint density at radius 2 is 1.59 bits per heavy atom. The van der Waals surface area contributed by atoms with Crippen molar-refractivity contribution < 1.29 is 13.9 Å². The quantitative estimate of drug-likeness (QED) is 0.491. The topological polar surface area (TPSA) is 87.2 Å². The van der Waals surface area contributed by atoms with Crippen molar-refractivity contribution in [2.45, 2.75) is 0 Å². The van der Waals surface area contributed by atoms with E-state index in [1.54, 1.807) is 36.5 Å². The highest BCUT2D eigenvalue weighted by molar-refractivity contribution is 5.93. The Morgan fingerprint density at radius 1 is 0.912 bits per heavy atom. The van der Waals surface area contributed by atoms with Gasteiger partial charge in [-0.15, -0.1) is 0 Å². The van der Waals surface area contributed by atoms with Crippen LogP contribution in [0, 0.1) is 5.82 Å². The van der Waals surface area contributed by atoms with Gasteiger partial charge in [-0.3, -0.25) is 9.89 Å². The summed E-state index contributed by atoms with van der Waals surface area (Å²) in [6, 6.07) is 17.4. The van der Waals surface area contributed by atoms with Crippen molar-refractivity contribution >= 4 is 11.7 Å². The van der Waals surface area contributed by atoms with Crippen LogP contribution in [0.15, 0.2) is 67.0 Å². The summed E-state index contributed by atoms with van der Waals surface area (Å²) in [6.07, 6.45) is 1.56. The molecule has 172 valence electrons. The second-order valence-corrected chi connectivity index (χ2v) is 7.94. The molecule has 0 radical (unpaired) electrons. The van der Waals surface area contributed by atoms with Crippen LogP contribution in [0.25, 0.3) is 22.5 Å². The Hall–Kier alpha value is -4.27. The Labute approximate surface area is 196 Å². The SMILES string of the molecule is COc1ccc(-c2cc(N3CCN(C(=O)c4cc(-c5ccc(F)cc5)n[nH]4)CC3)ncn2)cc1. The first kappa shape index (κ1) is 21.6. The molecule has 0 unspecified atom stereocenters. The van der Waals surface area contributed by atoms with Gasteiger partial charge in [0.05, 0.1) is 18.5 Å². The normalized spacial score (nSPS) is 13.7. The zero-order valence-corrected chi connectivity index (χ0v) is 18.6. The second-order valence-electron chi connectivity index (χ2n) is 7.94. The van der Waals surface area contributed by atoms with Crippen molar-refractivity contribution in [2.75, 3.05) is 38.2 Å². The van der Waals surface area contributed by atoms with E-state index in [9.17, 15) is 9.18 Å². The van der Waals surface area contributed by atoms with Gasteiger partial charge in [0.1, 0.15) is 29.4 Å². The summed E-state index contributed by atoms with van der Waals surface area (Å²) in [4.78, 5) is 25.8. The molecule has 1 fully saturated rings. The summed E-state index contributed by atoms with van der Waals surface area (Å²) in [6.45, 7) is 2.44. The summed E-state index contributed by atoms with van der Waals surface area (Å²) in [5.41, 5.74) is 3.58. The number of anilines is 1. The van der Waals surface area contributed by atoms with Gasteiger partial charge in [-0.25, -0.2) is 14.4 Å². The number of aromatic amines is 1. The van der Waals surface area contributed by atoms with E-state index in [1.165, 1.54) is 12.1 Å². The molecule has 34 heavy (non-hydrogen) atoms. The fourth-order valence-electron chi connectivity index (χ4n) is 3.95. The molecular formula is C25H23FN6O2. The first-order valence-electron chi connectivity index (χ1n) is 10.9. The van der Waals surface area contributed by atoms with E-state index in [1.807, 2.05) is 30.3 Å². The van der Waals surface area contributed by atoms with Gasteiger partial charge in [0.25, 0.3) is 5.91 Å². The van der Waals surface area contributed by atoms with Crippen molar-refractivity contribution in [2.24, 2.45) is 0 Å². The molecule has 1 aliphatic rings. The molecular weight excluding hydrogens is 435 g/mol. The maximum atomic E-state index is 13.2. The number of H-pyrrole nitrogens is 1. The third-order valence-corrected chi connectivity index (χ3v) is 5.88. The van der Waals surface area contributed by atoms with Gasteiger partial charge in [0.2, 0.25) is 0 Å². The van der Waals surface area contributed by atoms with Crippen LogP contribution in [0.1, 0.15) is 10.5 Å². The summed E-state index contributed by atoms with van der Waals surface area (Å²) in [5, 5.41) is 7.03. The number of ether oxygens (including phenoxy) is 1. The van der Waals surface area contributed by atoms with Crippen LogP contribution in [0.4, 0.5) is 10.2 Å². The average Bonchev–Trinajstić information content (AvgIpc) is 3.39. The monoisotopic (exact) mass is 458 g/mol. The Morgan fingerprint density at radius 3 is 2.29 bits per heavy atom. The van der Waals surface area contributed by atoms with Crippen LogP contribution < -0.4 is 9.64 Å². The lowest BCUT2D eigenvalue weighted by Gasteiger charge is -2.35. The minimum Gasteiger partial charge on any atom is -0.497 e. The van der Waals surface area contributed by atoms with Crippen molar-refractivity contribution in [3.05, 3.63) is 78.5 Å². The fourth-order valence-corrected chi connectivity index (χ4v) is 3.95. The first-order valence-corrected chi connectivity index (χ1v) is 10.9. The van der Waals surface area contributed by atoms with Gasteiger partial charge in [0.15, 0.2) is 0 Å². The highest BCUT2D eigenvalue weighted by Crippen LogP contribution is 2.24. The van der Waals surface area contributed by atoms with Gasteiger partial charge >= 0.3 is 0 Å². The summed E-state index contributed by atoms with van der Waals surface area (Å²) in [5.74, 6) is 1.20. The van der Waals surface area contributed by atoms with E-state index >= 15 is 0 Å². The minimum atomic E-state index is -0.312. The summed E-state index contributed by atoms with van der Waals surface area (Å²) >= 11 is 0. The van der Waals surface area contributed by atoms with Crippen LogP contribution in [0.5, 0.6) is 5.75 Å². The van der Waals surface area contributed by atoms with E-state index in [4.69, 9.17) is 4.74 Å². The second kappa shape index (κ2) is 9.30. The maximum absolute atomic E-state index is 13.2. The van der Waals surface area contributed by atoms with E-state index in [0.29, 0.717) is 37.6 Å². The third-order valence-electron chi connectivity index (χ3n) is 5.88. The number of hydrogen-bond acceptors (Lipinski definition) is 6. The van der Waals surface area contributed by atoms with Gasteiger partial charge in [-0.1, -0.05) is 0 Å². The summed E-state index contributed by atoms with van der Waals surface area (Å²) in [7, 11) is 1.64. The molecule has 1 aliphatic heterocycles. The minimum absolute atomic E-state index is 0.109. The van der Waals surface area contributed by atoms with Gasteiger partial charge < -0.3 is 14.5 Å². The zero-order chi connectivity index (χ0) is 23.5. The number of benzene rings is 2. The molecule has 4 aromatic rings. The molecule has 0 saturated carbocycles. The molecule has 0 bridgehead atoms. The molecule has 1 saturated heterocycles. The number of amides is 1. The average molecular weight is 458 g/mol. The van der Waals surface area contributed by atoms with Crippen LogP contribution in [0.3, 0.4) is 0 Å². The number of hydrogen-bond donors (Lipinski definition) is 1. The fraction of sp³-hybridized carbons (Fsp3) is 0.200. The number of halogens is 1. The maximum Gasteiger partial charge on any atom is 0.272 e. The Bertz CT molecular complexity index is 1280. The molecule has 8 nitrogen and oxygen atoms in total. The third kappa shape index (κ3) is 4.45. The molecule has 0 atom stereocenters.